The largest absolute Gasteiger partial charge is 0.480 e. The zero-order valence-corrected chi connectivity index (χ0v) is 41.8. The Labute approximate surface area is 438 Å². The van der Waals surface area contributed by atoms with E-state index < -0.39 is 81.4 Å². The number of halogens is 4. The van der Waals surface area contributed by atoms with Crippen LogP contribution in [0, 0.1) is 28.9 Å². The first kappa shape index (κ1) is 53.1. The van der Waals surface area contributed by atoms with Crippen molar-refractivity contribution in [3.63, 3.8) is 0 Å². The monoisotopic (exact) mass is 1080 g/mol. The zero-order valence-electron chi connectivity index (χ0n) is 41.0. The molecular weight excluding hydrogens is 1030 g/mol. The molecule has 5 amide bonds. The molecule has 0 saturated carbocycles. The summed E-state index contributed by atoms with van der Waals surface area (Å²) in [5.74, 6) is -8.23. The molecule has 0 bridgehead atoms. The van der Waals surface area contributed by atoms with E-state index in [9.17, 15) is 55.2 Å². The highest BCUT2D eigenvalue weighted by Gasteiger charge is 2.50. The van der Waals surface area contributed by atoms with Crippen molar-refractivity contribution in [3.8, 4) is 34.2 Å². The highest BCUT2D eigenvalue weighted by atomic mass is 32.2. The van der Waals surface area contributed by atoms with Gasteiger partial charge in [-0.1, -0.05) is 30.3 Å². The Morgan fingerprint density at radius 3 is 2.48 bits per heavy atom. The van der Waals surface area contributed by atoms with Crippen molar-refractivity contribution >= 4 is 56.3 Å². The number of alkyl halides is 2. The van der Waals surface area contributed by atoms with Gasteiger partial charge in [-0.3, -0.25) is 33.9 Å². The molecule has 19 nitrogen and oxygen atoms in total. The van der Waals surface area contributed by atoms with Gasteiger partial charge in [0, 0.05) is 92.5 Å². The second-order valence-corrected chi connectivity index (χ2v) is 20.3. The van der Waals surface area contributed by atoms with E-state index in [4.69, 9.17) is 9.47 Å². The number of alkyl carbamates (subject to hydrolysis) is 1. The van der Waals surface area contributed by atoms with Crippen LogP contribution in [0.25, 0.3) is 33.2 Å². The molecule has 24 heteroatoms. The van der Waals surface area contributed by atoms with E-state index in [-0.39, 0.29) is 75.4 Å². The number of fused-ring (bicyclic) bond motifs is 2. The van der Waals surface area contributed by atoms with Crippen LogP contribution in [0.3, 0.4) is 0 Å². The summed E-state index contributed by atoms with van der Waals surface area (Å²) in [6.45, 7) is -0.321. The lowest BCUT2D eigenvalue weighted by atomic mass is 9.98. The van der Waals surface area contributed by atoms with Gasteiger partial charge < -0.3 is 35.2 Å². The second kappa shape index (κ2) is 22.2. The number of carbonyl (C=O) groups is 5. The van der Waals surface area contributed by atoms with Gasteiger partial charge in [0.25, 0.3) is 15.9 Å². The lowest BCUT2D eigenvalue weighted by Gasteiger charge is -2.22. The van der Waals surface area contributed by atoms with Crippen molar-refractivity contribution in [3.05, 3.63) is 131 Å². The Balaban J connectivity index is 0.717. The lowest BCUT2D eigenvalue weighted by Crippen LogP contribution is -2.46. The number of nitrogens with zero attached hydrogens (tertiary/aromatic N) is 6. The Hall–Kier alpha value is -8.72. The summed E-state index contributed by atoms with van der Waals surface area (Å²) >= 11 is 0. The van der Waals surface area contributed by atoms with Gasteiger partial charge in [-0.25, -0.2) is 35.8 Å². The van der Waals surface area contributed by atoms with Crippen LogP contribution in [0.5, 0.6) is 5.88 Å². The van der Waals surface area contributed by atoms with Gasteiger partial charge in [0.1, 0.15) is 40.9 Å². The van der Waals surface area contributed by atoms with Gasteiger partial charge >= 0.3 is 6.09 Å². The van der Waals surface area contributed by atoms with E-state index in [1.165, 1.54) is 19.4 Å². The van der Waals surface area contributed by atoms with E-state index in [0.29, 0.717) is 40.4 Å². The molecule has 3 aliphatic rings. The highest BCUT2D eigenvalue weighted by molar-refractivity contribution is 7.92. The van der Waals surface area contributed by atoms with Crippen LogP contribution in [0.2, 0.25) is 0 Å². The fourth-order valence-electron chi connectivity index (χ4n) is 9.56. The number of likely N-dealkylation sites (tertiary alicyclic amines) is 1. The van der Waals surface area contributed by atoms with Crippen molar-refractivity contribution in [2.45, 2.75) is 74.7 Å². The molecule has 2 fully saturated rings. The number of sulfonamides is 1. The summed E-state index contributed by atoms with van der Waals surface area (Å²) in [7, 11) is -3.23. The highest BCUT2D eigenvalue weighted by Crippen LogP contribution is 2.37. The number of carbonyl (C=O) groups excluding carboxylic acids is 5. The normalized spacial score (nSPS) is 17.6. The molecule has 6 aromatic rings. The van der Waals surface area contributed by atoms with Crippen LogP contribution in [0.1, 0.15) is 48.1 Å². The van der Waals surface area contributed by atoms with Gasteiger partial charge in [-0.2, -0.15) is 5.26 Å². The number of ether oxygens (including phenoxy) is 2. The van der Waals surface area contributed by atoms with Crippen LogP contribution in [0.15, 0.2) is 102 Å². The lowest BCUT2D eigenvalue weighted by molar-refractivity contribution is -0.135. The summed E-state index contributed by atoms with van der Waals surface area (Å²) in [4.78, 5) is 79.4. The first-order chi connectivity index (χ1) is 36.9. The summed E-state index contributed by atoms with van der Waals surface area (Å²) < 4.78 is 95.1. The maximum atomic E-state index is 14.5. The fourth-order valence-corrected chi connectivity index (χ4v) is 10.7. The second-order valence-electron chi connectivity index (χ2n) is 18.6. The van der Waals surface area contributed by atoms with Crippen molar-refractivity contribution < 1.29 is 59.4 Å². The van der Waals surface area contributed by atoms with Gasteiger partial charge in [0.2, 0.25) is 29.5 Å². The first-order valence-corrected chi connectivity index (χ1v) is 25.7. The molecule has 3 aliphatic heterocycles. The van der Waals surface area contributed by atoms with Crippen molar-refractivity contribution in [2.75, 3.05) is 31.5 Å². The van der Waals surface area contributed by atoms with Gasteiger partial charge in [0.15, 0.2) is 0 Å². The molecule has 3 atom stereocenters. The summed E-state index contributed by atoms with van der Waals surface area (Å²) in [6.07, 6.45) is 3.47. The number of aromatic nitrogens is 3. The number of rotatable bonds is 17. The molecule has 3 aromatic carbocycles. The number of anilines is 1. The fraction of sp³-hybridized carbons (Fsp3) is 0.302. The standard InChI is InChI=1S/C53H48F4N10O9S/c1-75-50-44(65-77(73,74)46-11-8-36(54)21-42(46)55)19-35(25-63-50)31-6-10-43-40(17-31)39(13-14-59-43)32-5-9-37(62-24-32)28-76-52(72)61-16-15-60-47(68)12-7-30-3-2-4-33-26-66(27-41(30)33)48(69)20-34-18-45(64-49(34)70)51(71)67-29-53(56,57)22-38(67)23-58/h2-6,8-11,13-14,17,19,21,24-25,34,38,45,65H,7,12,15-16,18,20,22,26-29H2,1H3,(H,60,68)(H,61,72)(H,64,70)/t34-,38-,45-/m0/s1. The Morgan fingerprint density at radius 2 is 1.71 bits per heavy atom. The topological polar surface area (TPSA) is 255 Å². The number of hydrogen-bond acceptors (Lipinski definition) is 13. The zero-order chi connectivity index (χ0) is 54.6. The van der Waals surface area contributed by atoms with Crippen LogP contribution in [0.4, 0.5) is 28.0 Å². The molecule has 0 unspecified atom stereocenters. The first-order valence-electron chi connectivity index (χ1n) is 24.2. The minimum atomic E-state index is -4.52. The third-order valence-corrected chi connectivity index (χ3v) is 14.8. The van der Waals surface area contributed by atoms with Gasteiger partial charge in [-0.05, 0) is 83.1 Å². The number of methoxy groups -OCH3 is 1. The van der Waals surface area contributed by atoms with Crippen LogP contribution < -0.4 is 25.4 Å². The van der Waals surface area contributed by atoms with Crippen LogP contribution in [-0.2, 0) is 60.1 Å². The molecule has 77 heavy (non-hydrogen) atoms. The molecule has 0 radical (unpaired) electrons. The number of nitrogens with one attached hydrogen (secondary N) is 4. The number of benzene rings is 3. The Morgan fingerprint density at radius 1 is 0.922 bits per heavy atom. The SMILES string of the molecule is COc1ncc(-c2ccc3nccc(-c4ccc(COC(=O)NCCNC(=O)CCc5cccc6c5CN(C(=O)C[C@@H]5C[C@@H](C(=O)N7CC(F)(F)C[C@H]7C#N)NC5=O)C6)nc4)c3c2)cc1NS(=O)(=O)c1ccc(F)cc1F. The van der Waals surface area contributed by atoms with Gasteiger partial charge in [0.05, 0.1) is 30.9 Å². The van der Waals surface area contributed by atoms with Crippen molar-refractivity contribution in [1.82, 2.24) is 40.7 Å². The smallest absolute Gasteiger partial charge is 0.407 e. The Kier molecular flexibility index (Phi) is 15.3. The van der Waals surface area contributed by atoms with Gasteiger partial charge in [-0.15, -0.1) is 0 Å². The Bertz CT molecular complexity index is 3470. The number of amides is 5. The maximum Gasteiger partial charge on any atom is 0.407 e. The van der Waals surface area contributed by atoms with E-state index in [1.807, 2.05) is 24.3 Å². The van der Waals surface area contributed by atoms with E-state index in [2.05, 4.69) is 35.6 Å². The summed E-state index contributed by atoms with van der Waals surface area (Å²) in [6, 6.07) is 19.2. The van der Waals surface area contributed by atoms with E-state index >= 15 is 0 Å². The molecule has 0 aliphatic carbocycles. The molecule has 398 valence electrons. The summed E-state index contributed by atoms with van der Waals surface area (Å²) in [5.41, 5.74) is 6.23. The number of aryl methyl sites for hydroxylation is 1. The quantitative estimate of drug-likeness (QED) is 0.0612. The molecule has 0 spiro atoms. The van der Waals surface area contributed by atoms with Crippen LogP contribution in [-0.4, -0.2) is 108 Å². The minimum Gasteiger partial charge on any atom is -0.480 e. The summed E-state index contributed by atoms with van der Waals surface area (Å²) in [5, 5.41) is 17.9. The number of nitriles is 1. The predicted molar refractivity (Wildman–Crippen MR) is 267 cm³/mol. The molecule has 2 saturated heterocycles. The molecule has 3 aromatic heterocycles. The van der Waals surface area contributed by atoms with Crippen LogP contribution >= 0.6 is 0 Å². The molecule has 6 heterocycles. The third-order valence-electron chi connectivity index (χ3n) is 13.4. The average Bonchev–Trinajstić information content (AvgIpc) is 4.12. The van der Waals surface area contributed by atoms with Crippen molar-refractivity contribution in [1.29, 1.82) is 5.26 Å². The van der Waals surface area contributed by atoms with E-state index in [0.717, 1.165) is 44.7 Å². The minimum absolute atomic E-state index is 0.0576. The predicted octanol–water partition coefficient (Wildman–Crippen LogP) is 5.92. The number of hydrogen-bond donors (Lipinski definition) is 4. The third kappa shape index (κ3) is 12.0. The molecule has 4 N–H and O–H groups in total. The van der Waals surface area contributed by atoms with E-state index in [1.54, 1.807) is 53.7 Å². The molecule has 9 rings (SSSR count). The maximum absolute atomic E-state index is 14.5. The van der Waals surface area contributed by atoms with Crippen molar-refractivity contribution in [2.24, 2.45) is 5.92 Å². The average molecular weight is 1080 g/mol. The number of pyridine rings is 3. The molecular formula is C53H48F4N10O9S.